The van der Waals surface area contributed by atoms with Gasteiger partial charge in [0.05, 0.1) is 31.8 Å². The number of rotatable bonds is 23. The number of aliphatic carboxylic acids is 1. The number of carboxylic acids is 1. The topological polar surface area (TPSA) is 154 Å². The number of nitrogens with zero attached hydrogens (tertiary/aromatic N) is 1. The van der Waals surface area contributed by atoms with Crippen molar-refractivity contribution in [2.45, 2.75) is 109 Å². The van der Waals surface area contributed by atoms with E-state index >= 15 is 0 Å². The van der Waals surface area contributed by atoms with E-state index in [1.54, 1.807) is 0 Å². The minimum Gasteiger partial charge on any atom is -0.481 e. The molecule has 0 aliphatic rings. The number of ether oxygens (including phenoxy) is 1. The number of nitrogens with two attached hydrogens (primary N) is 1. The van der Waals surface area contributed by atoms with Crippen molar-refractivity contribution in [2.75, 3.05) is 33.4 Å². The number of carbonyl (C=O) groups is 2. The average molecular weight is 491 g/mol. The SMILES string of the molecule is CCCCCCCCCCC(CC(O)CN(CCCCC(N)C(=O)OC)CC(O)CO)C(=O)O. The van der Waals surface area contributed by atoms with Crippen LogP contribution in [0.3, 0.4) is 0 Å². The second-order valence-corrected chi connectivity index (χ2v) is 9.41. The Morgan fingerprint density at radius 2 is 1.44 bits per heavy atom. The molecule has 0 amide bonds. The zero-order valence-electron chi connectivity index (χ0n) is 21.4. The molecular weight excluding hydrogens is 440 g/mol. The molecule has 0 saturated carbocycles. The van der Waals surface area contributed by atoms with Gasteiger partial charge in [0.2, 0.25) is 0 Å². The minimum atomic E-state index is -0.947. The Balaban J connectivity index is 4.47. The molecule has 0 bridgehead atoms. The summed E-state index contributed by atoms with van der Waals surface area (Å²) in [4.78, 5) is 24.9. The third-order valence-electron chi connectivity index (χ3n) is 6.20. The first-order chi connectivity index (χ1) is 16.2. The highest BCUT2D eigenvalue weighted by molar-refractivity contribution is 5.75. The molecule has 0 radical (unpaired) electrons. The van der Waals surface area contributed by atoms with E-state index in [9.17, 15) is 30.0 Å². The van der Waals surface area contributed by atoms with Crippen LogP contribution in [0.1, 0.15) is 90.4 Å². The zero-order valence-corrected chi connectivity index (χ0v) is 21.4. The van der Waals surface area contributed by atoms with Gasteiger partial charge in [-0.2, -0.15) is 0 Å². The van der Waals surface area contributed by atoms with Gasteiger partial charge in [0.15, 0.2) is 0 Å². The van der Waals surface area contributed by atoms with Gasteiger partial charge >= 0.3 is 11.9 Å². The number of carboxylic acid groups (broad SMARTS) is 1. The smallest absolute Gasteiger partial charge is 0.322 e. The molecule has 9 heteroatoms. The van der Waals surface area contributed by atoms with Crippen LogP contribution in [0.5, 0.6) is 0 Å². The number of hydrogen-bond donors (Lipinski definition) is 5. The summed E-state index contributed by atoms with van der Waals surface area (Å²) >= 11 is 0. The highest BCUT2D eigenvalue weighted by Crippen LogP contribution is 2.19. The van der Waals surface area contributed by atoms with Crippen LogP contribution >= 0.6 is 0 Å². The molecule has 4 atom stereocenters. The molecule has 0 spiro atoms. The molecule has 34 heavy (non-hydrogen) atoms. The maximum absolute atomic E-state index is 11.7. The predicted molar refractivity (Wildman–Crippen MR) is 132 cm³/mol. The quantitative estimate of drug-likeness (QED) is 0.107. The molecule has 9 nitrogen and oxygen atoms in total. The average Bonchev–Trinajstić information content (AvgIpc) is 2.81. The van der Waals surface area contributed by atoms with E-state index in [1.165, 1.54) is 39.2 Å². The molecule has 0 aromatic heterocycles. The van der Waals surface area contributed by atoms with Crippen LogP contribution in [0.15, 0.2) is 0 Å². The Labute approximate surface area is 205 Å². The Morgan fingerprint density at radius 1 is 0.882 bits per heavy atom. The van der Waals surface area contributed by atoms with E-state index in [4.69, 9.17) is 5.73 Å². The summed E-state index contributed by atoms with van der Waals surface area (Å²) in [6.45, 7) is 2.71. The Kier molecular flexibility index (Phi) is 20.3. The lowest BCUT2D eigenvalue weighted by Gasteiger charge is -2.28. The van der Waals surface area contributed by atoms with Gasteiger partial charge in [-0.05, 0) is 32.2 Å². The fraction of sp³-hybridized carbons (Fsp3) is 0.920. The van der Waals surface area contributed by atoms with E-state index in [-0.39, 0.29) is 19.5 Å². The van der Waals surface area contributed by atoms with Gasteiger partial charge < -0.3 is 30.9 Å². The maximum Gasteiger partial charge on any atom is 0.322 e. The molecule has 202 valence electrons. The monoisotopic (exact) mass is 490 g/mol. The van der Waals surface area contributed by atoms with Crippen LogP contribution in [-0.4, -0.2) is 88.9 Å². The number of aliphatic hydroxyl groups excluding tert-OH is 3. The summed E-state index contributed by atoms with van der Waals surface area (Å²) in [7, 11) is 1.29. The molecule has 0 aromatic rings. The van der Waals surface area contributed by atoms with Crippen molar-refractivity contribution in [1.29, 1.82) is 0 Å². The molecule has 0 saturated heterocycles. The zero-order chi connectivity index (χ0) is 25.8. The second kappa shape index (κ2) is 21.1. The largest absolute Gasteiger partial charge is 0.481 e. The van der Waals surface area contributed by atoms with E-state index in [2.05, 4.69) is 11.7 Å². The summed E-state index contributed by atoms with van der Waals surface area (Å²) in [5.74, 6) is -1.95. The van der Waals surface area contributed by atoms with Crippen molar-refractivity contribution < 1.29 is 34.8 Å². The van der Waals surface area contributed by atoms with Crippen molar-refractivity contribution in [3.05, 3.63) is 0 Å². The van der Waals surface area contributed by atoms with E-state index in [1.807, 2.05) is 4.90 Å². The van der Waals surface area contributed by atoms with Crippen molar-refractivity contribution in [1.82, 2.24) is 4.90 Å². The number of esters is 1. The van der Waals surface area contributed by atoms with Gasteiger partial charge in [0, 0.05) is 13.1 Å². The molecule has 6 N–H and O–H groups in total. The first-order valence-corrected chi connectivity index (χ1v) is 13.0. The molecule has 0 fully saturated rings. The summed E-state index contributed by atoms with van der Waals surface area (Å²) < 4.78 is 4.61. The van der Waals surface area contributed by atoms with Gasteiger partial charge in [-0.15, -0.1) is 0 Å². The Bertz CT molecular complexity index is 521. The van der Waals surface area contributed by atoms with E-state index < -0.39 is 42.7 Å². The maximum atomic E-state index is 11.7. The third kappa shape index (κ3) is 17.2. The Hall–Kier alpha value is -1.26. The Morgan fingerprint density at radius 3 is 2.00 bits per heavy atom. The number of unbranched alkanes of at least 4 members (excludes halogenated alkanes) is 8. The van der Waals surface area contributed by atoms with E-state index in [0.29, 0.717) is 32.2 Å². The molecule has 0 rings (SSSR count). The highest BCUT2D eigenvalue weighted by Gasteiger charge is 2.23. The highest BCUT2D eigenvalue weighted by atomic mass is 16.5. The summed E-state index contributed by atoms with van der Waals surface area (Å²) in [5.41, 5.74) is 5.74. The van der Waals surface area contributed by atoms with E-state index in [0.717, 1.165) is 19.3 Å². The van der Waals surface area contributed by atoms with Crippen LogP contribution in [0, 0.1) is 5.92 Å². The van der Waals surface area contributed by atoms with Gasteiger partial charge in [0.1, 0.15) is 6.04 Å². The fourth-order valence-corrected chi connectivity index (χ4v) is 4.15. The minimum absolute atomic E-state index is 0.158. The van der Waals surface area contributed by atoms with Crippen molar-refractivity contribution in [3.63, 3.8) is 0 Å². The molecular formula is C25H50N2O7. The molecule has 0 aromatic carbocycles. The fourth-order valence-electron chi connectivity index (χ4n) is 4.15. The number of carbonyl (C=O) groups excluding carboxylic acids is 1. The number of aliphatic hydroxyl groups is 3. The van der Waals surface area contributed by atoms with Crippen LogP contribution in [-0.2, 0) is 14.3 Å². The standard InChI is InChI=1S/C25H50N2O7/c1-3-4-5-6-7-8-9-10-13-20(24(31)32)16-21(29)17-27(18-22(30)19-28)15-12-11-14-23(26)25(33)34-2/h20-23,28-30H,3-19,26H2,1-2H3,(H,31,32). The van der Waals surface area contributed by atoms with Gasteiger partial charge in [-0.1, -0.05) is 64.7 Å². The molecule has 0 aliphatic carbocycles. The molecule has 0 heterocycles. The van der Waals surface area contributed by atoms with Gasteiger partial charge in [0.25, 0.3) is 0 Å². The number of hydrogen-bond acceptors (Lipinski definition) is 8. The van der Waals surface area contributed by atoms with Gasteiger partial charge in [-0.3, -0.25) is 14.5 Å². The summed E-state index contributed by atoms with van der Waals surface area (Å²) in [6.07, 6.45) is 9.86. The predicted octanol–water partition coefficient (Wildman–Crippen LogP) is 2.29. The molecule has 4 unspecified atom stereocenters. The third-order valence-corrected chi connectivity index (χ3v) is 6.20. The van der Waals surface area contributed by atoms with Crippen LogP contribution in [0.25, 0.3) is 0 Å². The summed E-state index contributed by atoms with van der Waals surface area (Å²) in [6, 6.07) is -0.681. The van der Waals surface area contributed by atoms with Crippen molar-refractivity contribution in [3.8, 4) is 0 Å². The number of methoxy groups -OCH3 is 1. The van der Waals surface area contributed by atoms with Crippen molar-refractivity contribution >= 4 is 11.9 Å². The second-order valence-electron chi connectivity index (χ2n) is 9.41. The lowest BCUT2D eigenvalue weighted by molar-refractivity contribution is -0.143. The first-order valence-electron chi connectivity index (χ1n) is 13.0. The van der Waals surface area contributed by atoms with Crippen LogP contribution < -0.4 is 5.73 Å². The van der Waals surface area contributed by atoms with Crippen LogP contribution in [0.4, 0.5) is 0 Å². The van der Waals surface area contributed by atoms with Crippen molar-refractivity contribution in [2.24, 2.45) is 11.7 Å². The summed E-state index contributed by atoms with van der Waals surface area (Å²) in [5, 5.41) is 39.2. The molecule has 0 aliphatic heterocycles. The first kappa shape index (κ1) is 32.7. The van der Waals surface area contributed by atoms with Crippen LogP contribution in [0.2, 0.25) is 0 Å². The lowest BCUT2D eigenvalue weighted by Crippen LogP contribution is -2.41. The lowest BCUT2D eigenvalue weighted by atomic mass is 9.94. The van der Waals surface area contributed by atoms with Gasteiger partial charge in [-0.25, -0.2) is 0 Å². The normalized spacial score (nSPS) is 15.1.